The van der Waals surface area contributed by atoms with Gasteiger partial charge < -0.3 is 24.3 Å². The van der Waals surface area contributed by atoms with Gasteiger partial charge in [0.1, 0.15) is 17.9 Å². The van der Waals surface area contributed by atoms with Crippen LogP contribution in [0, 0.1) is 0 Å². The van der Waals surface area contributed by atoms with E-state index in [1.54, 1.807) is 42.5 Å². The second-order valence-electron chi connectivity index (χ2n) is 7.43. The number of benzene rings is 2. The van der Waals surface area contributed by atoms with E-state index in [9.17, 15) is 14.7 Å². The van der Waals surface area contributed by atoms with Gasteiger partial charge in [-0.2, -0.15) is 0 Å². The summed E-state index contributed by atoms with van der Waals surface area (Å²) in [6.07, 6.45) is 0.649. The van der Waals surface area contributed by atoms with Crippen LogP contribution < -0.4 is 4.74 Å². The molecule has 8 heteroatoms. The van der Waals surface area contributed by atoms with Crippen LogP contribution in [0.4, 0.5) is 0 Å². The molecule has 7 nitrogen and oxygen atoms in total. The Kier molecular flexibility index (Phi) is 6.34. The third kappa shape index (κ3) is 4.03. The Morgan fingerprint density at radius 2 is 2.03 bits per heavy atom. The van der Waals surface area contributed by atoms with Gasteiger partial charge in [-0.25, -0.2) is 0 Å². The molecule has 3 aromatic rings. The highest BCUT2D eigenvalue weighted by Gasteiger charge is 2.44. The number of ketones is 1. The Morgan fingerprint density at radius 3 is 2.78 bits per heavy atom. The number of hydrogen-bond acceptors (Lipinski definition) is 6. The number of aliphatic hydroxyl groups is 2. The highest BCUT2D eigenvalue weighted by molar-refractivity contribution is 9.10. The van der Waals surface area contributed by atoms with Crippen LogP contribution in [-0.4, -0.2) is 46.6 Å². The number of nitrogens with zero attached hydrogens (tertiary/aromatic N) is 1. The van der Waals surface area contributed by atoms with Crippen molar-refractivity contribution in [1.82, 2.24) is 4.90 Å². The van der Waals surface area contributed by atoms with Crippen molar-refractivity contribution in [1.29, 1.82) is 0 Å². The highest BCUT2D eigenvalue weighted by atomic mass is 79.9. The molecule has 0 bridgehead atoms. The van der Waals surface area contributed by atoms with Crippen molar-refractivity contribution in [2.75, 3.05) is 19.8 Å². The summed E-state index contributed by atoms with van der Waals surface area (Å²) in [5.41, 5.74) is 1.12. The monoisotopic (exact) mass is 499 g/mol. The number of Topliss-reactive ketones (excluding diaryl/α,β-unsaturated/α-hetero) is 1. The molecular weight excluding hydrogens is 478 g/mol. The maximum Gasteiger partial charge on any atom is 0.290 e. The van der Waals surface area contributed by atoms with Gasteiger partial charge in [0.15, 0.2) is 11.5 Å². The molecule has 4 rings (SSSR count). The fourth-order valence-electron chi connectivity index (χ4n) is 3.90. The summed E-state index contributed by atoms with van der Waals surface area (Å²) >= 11 is 3.40. The van der Waals surface area contributed by atoms with Crippen LogP contribution in [0.1, 0.15) is 35.5 Å². The first-order valence-electron chi connectivity index (χ1n) is 10.3. The summed E-state index contributed by atoms with van der Waals surface area (Å²) < 4.78 is 12.1. The third-order valence-electron chi connectivity index (χ3n) is 5.25. The molecule has 0 aliphatic carbocycles. The lowest BCUT2D eigenvalue weighted by molar-refractivity contribution is -0.129. The maximum absolute atomic E-state index is 13.5. The van der Waals surface area contributed by atoms with Crippen molar-refractivity contribution < 1.29 is 29.0 Å². The Morgan fingerprint density at radius 1 is 1.22 bits per heavy atom. The number of rotatable bonds is 8. The molecule has 32 heavy (non-hydrogen) atoms. The van der Waals surface area contributed by atoms with E-state index in [1.807, 2.05) is 13.0 Å². The number of furan rings is 1. The van der Waals surface area contributed by atoms with Crippen molar-refractivity contribution >= 4 is 38.6 Å². The Hall–Kier alpha value is -3.10. The van der Waals surface area contributed by atoms with Gasteiger partial charge >= 0.3 is 0 Å². The molecule has 166 valence electrons. The van der Waals surface area contributed by atoms with E-state index in [2.05, 4.69) is 15.9 Å². The molecule has 1 amide bonds. The number of aliphatic hydroxyl groups excluding tert-OH is 2. The molecule has 1 aliphatic rings. The quantitative estimate of drug-likeness (QED) is 0.440. The molecule has 1 aliphatic heterocycles. The number of ether oxygens (including phenoxy) is 1. The summed E-state index contributed by atoms with van der Waals surface area (Å²) in [6, 6.07) is 13.1. The maximum atomic E-state index is 13.5. The Balaban J connectivity index is 1.78. The van der Waals surface area contributed by atoms with E-state index in [-0.39, 0.29) is 24.5 Å². The summed E-state index contributed by atoms with van der Waals surface area (Å²) in [5, 5.41) is 20.5. The van der Waals surface area contributed by atoms with E-state index < -0.39 is 23.5 Å². The lowest BCUT2D eigenvalue weighted by Crippen LogP contribution is -2.31. The van der Waals surface area contributed by atoms with Gasteiger partial charge in [0.05, 0.1) is 18.2 Å². The molecule has 0 radical (unpaired) electrons. The summed E-state index contributed by atoms with van der Waals surface area (Å²) in [6.45, 7) is 2.26. The summed E-state index contributed by atoms with van der Waals surface area (Å²) in [7, 11) is 0. The number of amides is 1. The van der Waals surface area contributed by atoms with Crippen LogP contribution in [0.5, 0.6) is 5.75 Å². The van der Waals surface area contributed by atoms with Gasteiger partial charge in [-0.3, -0.25) is 9.59 Å². The molecule has 0 saturated heterocycles. The third-order valence-corrected chi connectivity index (χ3v) is 5.74. The molecule has 1 atom stereocenters. The molecule has 1 aromatic heterocycles. The Bertz CT molecular complexity index is 1210. The lowest BCUT2D eigenvalue weighted by Gasteiger charge is -2.26. The number of hydrogen-bond donors (Lipinski definition) is 2. The molecule has 0 fully saturated rings. The Labute approximate surface area is 193 Å². The van der Waals surface area contributed by atoms with Crippen LogP contribution in [0.25, 0.3) is 11.0 Å². The van der Waals surface area contributed by atoms with Gasteiger partial charge in [-0.05, 0) is 48.4 Å². The van der Waals surface area contributed by atoms with Crippen molar-refractivity contribution in [3.05, 3.63) is 75.7 Å². The second-order valence-corrected chi connectivity index (χ2v) is 8.35. The van der Waals surface area contributed by atoms with Crippen molar-refractivity contribution in [3.8, 4) is 5.75 Å². The number of carbonyl (C=O) groups is 2. The average Bonchev–Trinajstić information content (AvgIpc) is 3.32. The van der Waals surface area contributed by atoms with E-state index in [0.29, 0.717) is 29.9 Å². The number of fused-ring (bicyclic) bond motifs is 1. The lowest BCUT2D eigenvalue weighted by atomic mass is 9.94. The predicted molar refractivity (Wildman–Crippen MR) is 122 cm³/mol. The molecular formula is C24H22BrNO6. The molecule has 2 N–H and O–H groups in total. The highest BCUT2D eigenvalue weighted by Crippen LogP contribution is 2.40. The van der Waals surface area contributed by atoms with Crippen LogP contribution in [0.15, 0.2) is 68.8 Å². The topological polar surface area (TPSA) is 100 Å². The molecule has 2 heterocycles. The van der Waals surface area contributed by atoms with E-state index in [0.717, 1.165) is 9.86 Å². The molecule has 1 unspecified atom stereocenters. The zero-order valence-corrected chi connectivity index (χ0v) is 19.0. The van der Waals surface area contributed by atoms with E-state index in [1.165, 1.54) is 4.90 Å². The first-order valence-corrected chi connectivity index (χ1v) is 11.1. The zero-order valence-electron chi connectivity index (χ0n) is 17.4. The first-order chi connectivity index (χ1) is 15.4. The first kappa shape index (κ1) is 22.1. The van der Waals surface area contributed by atoms with Crippen LogP contribution in [-0.2, 0) is 4.79 Å². The van der Waals surface area contributed by atoms with Gasteiger partial charge in [-0.1, -0.05) is 35.0 Å². The van der Waals surface area contributed by atoms with Gasteiger partial charge in [0.2, 0.25) is 5.78 Å². The number of carbonyl (C=O) groups excluding carboxylic acids is 2. The van der Waals surface area contributed by atoms with Crippen molar-refractivity contribution in [2.45, 2.75) is 19.4 Å². The SMILES string of the molecule is CCCN1C(=O)C(O)=C(C(=O)c2cc3cc(Br)ccc3o2)C1c1cccc(OCCO)c1. The smallest absolute Gasteiger partial charge is 0.290 e. The molecule has 0 spiro atoms. The van der Waals surface area contributed by atoms with Crippen molar-refractivity contribution in [3.63, 3.8) is 0 Å². The fraction of sp³-hybridized carbons (Fsp3) is 0.250. The van der Waals surface area contributed by atoms with Crippen molar-refractivity contribution in [2.24, 2.45) is 0 Å². The summed E-state index contributed by atoms with van der Waals surface area (Å²) in [4.78, 5) is 27.8. The zero-order chi connectivity index (χ0) is 22.8. The predicted octanol–water partition coefficient (Wildman–Crippen LogP) is 4.55. The van der Waals surface area contributed by atoms with Gasteiger partial charge in [0.25, 0.3) is 5.91 Å². The normalized spacial score (nSPS) is 16.3. The van der Waals surface area contributed by atoms with Crippen LogP contribution >= 0.6 is 15.9 Å². The molecule has 2 aromatic carbocycles. The van der Waals surface area contributed by atoms with E-state index in [4.69, 9.17) is 14.3 Å². The fourth-order valence-corrected chi connectivity index (χ4v) is 4.28. The molecule has 0 saturated carbocycles. The largest absolute Gasteiger partial charge is 0.503 e. The average molecular weight is 500 g/mol. The minimum absolute atomic E-state index is 0.0270. The van der Waals surface area contributed by atoms with E-state index >= 15 is 0 Å². The summed E-state index contributed by atoms with van der Waals surface area (Å²) in [5.74, 6) is -1.18. The van der Waals surface area contributed by atoms with Crippen LogP contribution in [0.3, 0.4) is 0 Å². The minimum Gasteiger partial charge on any atom is -0.503 e. The van der Waals surface area contributed by atoms with Gasteiger partial charge in [-0.15, -0.1) is 0 Å². The minimum atomic E-state index is -0.785. The van der Waals surface area contributed by atoms with Crippen LogP contribution in [0.2, 0.25) is 0 Å². The van der Waals surface area contributed by atoms with Gasteiger partial charge in [0, 0.05) is 16.4 Å². The number of halogens is 1. The second kappa shape index (κ2) is 9.18. The standard InChI is InChI=1S/C24H22BrNO6/c1-2-8-26-21(14-4-3-5-17(12-14)31-10-9-27)20(23(29)24(26)30)22(28)19-13-15-11-16(25)6-7-18(15)32-19/h3-7,11-13,21,27,29H,2,8-10H2,1H3.